The first kappa shape index (κ1) is 24.8. The van der Waals surface area contributed by atoms with Crippen molar-refractivity contribution in [3.05, 3.63) is 106 Å². The van der Waals surface area contributed by atoms with E-state index in [-0.39, 0.29) is 35.0 Å². The molecule has 0 aliphatic rings. The third-order valence-corrected chi connectivity index (χ3v) is 6.38. The van der Waals surface area contributed by atoms with Crippen molar-refractivity contribution in [3.63, 3.8) is 0 Å². The fourth-order valence-electron chi connectivity index (χ4n) is 3.85. The minimum absolute atomic E-state index is 0.0217. The molecule has 4 aromatic rings. The Morgan fingerprint density at radius 1 is 1.06 bits per heavy atom. The number of ketones is 1. The van der Waals surface area contributed by atoms with Crippen LogP contribution in [-0.2, 0) is 17.8 Å². The summed E-state index contributed by atoms with van der Waals surface area (Å²) in [4.78, 5) is 40.5. The van der Waals surface area contributed by atoms with E-state index < -0.39 is 29.5 Å². The second-order valence-corrected chi connectivity index (χ2v) is 8.95. The molecule has 0 saturated heterocycles. The number of aromatic nitrogens is 1. The van der Waals surface area contributed by atoms with Gasteiger partial charge in [0.15, 0.2) is 11.5 Å². The van der Waals surface area contributed by atoms with Crippen molar-refractivity contribution in [2.45, 2.75) is 25.9 Å². The summed E-state index contributed by atoms with van der Waals surface area (Å²) in [5, 5.41) is 0. The molecule has 0 aliphatic heterocycles. The topological polar surface area (TPSA) is 133 Å². The summed E-state index contributed by atoms with van der Waals surface area (Å²) < 4.78 is 23.5. The van der Waals surface area contributed by atoms with Gasteiger partial charge in [0.2, 0.25) is 0 Å². The van der Waals surface area contributed by atoms with Gasteiger partial charge in [0, 0.05) is 13.0 Å². The van der Waals surface area contributed by atoms with Crippen molar-refractivity contribution in [3.8, 4) is 0 Å². The first-order chi connectivity index (χ1) is 17.2. The van der Waals surface area contributed by atoms with Gasteiger partial charge < -0.3 is 20.8 Å². The summed E-state index contributed by atoms with van der Waals surface area (Å²) in [5.74, 6) is -1.55. The fraction of sp³-hybridized carbons (Fsp3) is 0.154. The summed E-state index contributed by atoms with van der Waals surface area (Å²) in [6.07, 6.45) is -0.147. The molecule has 184 valence electrons. The number of nitrogens with zero attached hydrogens (tertiary/aromatic N) is 2. The maximum Gasteiger partial charge on any atom is 0.270 e. The number of nitrogen functional groups attached to an aromatic ring is 1. The number of nitrogens with two attached hydrogens (primary N) is 2. The van der Waals surface area contributed by atoms with E-state index in [9.17, 15) is 18.8 Å². The van der Waals surface area contributed by atoms with Crippen molar-refractivity contribution in [1.29, 1.82) is 0 Å². The molecule has 4 rings (SSSR count). The number of hydrogen-bond acceptors (Lipinski definition) is 7. The molecule has 2 amide bonds. The normalized spacial score (nSPS) is 11.7. The van der Waals surface area contributed by atoms with E-state index >= 15 is 0 Å². The number of furan rings is 1. The minimum atomic E-state index is -1.16. The number of carbonyl (C=O) groups excluding carboxylic acids is 3. The quantitative estimate of drug-likeness (QED) is 0.352. The maximum absolute atomic E-state index is 13.8. The van der Waals surface area contributed by atoms with Gasteiger partial charge in [0.1, 0.15) is 28.3 Å². The van der Waals surface area contributed by atoms with E-state index in [0.29, 0.717) is 11.3 Å². The lowest BCUT2D eigenvalue weighted by molar-refractivity contribution is -0.123. The number of benzene rings is 2. The molecule has 1 unspecified atom stereocenters. The molecule has 0 aliphatic carbocycles. The molecule has 0 fully saturated rings. The van der Waals surface area contributed by atoms with Crippen molar-refractivity contribution in [2.75, 3.05) is 5.73 Å². The number of anilines is 1. The third-order valence-electron chi connectivity index (χ3n) is 5.53. The highest BCUT2D eigenvalue weighted by Gasteiger charge is 2.36. The van der Waals surface area contributed by atoms with E-state index in [1.807, 2.05) is 30.3 Å². The van der Waals surface area contributed by atoms with Gasteiger partial charge in [-0.25, -0.2) is 4.39 Å². The Balaban J connectivity index is 1.80. The Bertz CT molecular complexity index is 1420. The number of halogens is 1. The zero-order valence-electron chi connectivity index (χ0n) is 19.3. The molecule has 8 nitrogen and oxygen atoms in total. The molecule has 36 heavy (non-hydrogen) atoms. The van der Waals surface area contributed by atoms with Crippen LogP contribution in [0.2, 0.25) is 0 Å². The molecular weight excluding hydrogens is 483 g/mol. The van der Waals surface area contributed by atoms with Gasteiger partial charge in [0.05, 0.1) is 5.69 Å². The van der Waals surface area contributed by atoms with Crippen LogP contribution >= 0.6 is 11.5 Å². The molecule has 0 saturated carbocycles. The van der Waals surface area contributed by atoms with Gasteiger partial charge in [-0.3, -0.25) is 14.4 Å². The molecule has 0 radical (unpaired) electrons. The lowest BCUT2D eigenvalue weighted by Crippen LogP contribution is -2.39. The Hall–Kier alpha value is -4.31. The van der Waals surface area contributed by atoms with Gasteiger partial charge in [-0.15, -0.1) is 0 Å². The van der Waals surface area contributed by atoms with E-state index in [4.69, 9.17) is 15.9 Å². The summed E-state index contributed by atoms with van der Waals surface area (Å²) in [5.41, 5.74) is 12.2. The number of Topliss-reactive ketones (excluding diaryl/α,β-unsaturated/α-hetero) is 1. The van der Waals surface area contributed by atoms with E-state index in [0.717, 1.165) is 17.1 Å². The molecule has 2 heterocycles. The molecule has 0 bridgehead atoms. The van der Waals surface area contributed by atoms with Crippen LogP contribution in [0.5, 0.6) is 0 Å². The molecule has 4 N–H and O–H groups in total. The molecular formula is C26H23FN4O4S. The maximum atomic E-state index is 13.8. The van der Waals surface area contributed by atoms with Crippen LogP contribution in [0.4, 0.5) is 10.1 Å². The van der Waals surface area contributed by atoms with Crippen molar-refractivity contribution in [2.24, 2.45) is 5.73 Å². The lowest BCUT2D eigenvalue weighted by atomic mass is 9.99. The number of aryl methyl sites for hydroxylation is 1. The van der Waals surface area contributed by atoms with Crippen LogP contribution in [0.3, 0.4) is 0 Å². The SMILES string of the molecule is Cc1ccc(C(C(=O)Cc2cccc(F)c2)N(Cc2ccccc2)C(=O)c2snc(C(N)=O)c2N)o1. The third kappa shape index (κ3) is 5.33. The summed E-state index contributed by atoms with van der Waals surface area (Å²) in [7, 11) is 0. The highest BCUT2D eigenvalue weighted by molar-refractivity contribution is 7.09. The van der Waals surface area contributed by atoms with Gasteiger partial charge in [0.25, 0.3) is 11.8 Å². The fourth-order valence-corrected chi connectivity index (χ4v) is 4.61. The predicted molar refractivity (Wildman–Crippen MR) is 133 cm³/mol. The Morgan fingerprint density at radius 3 is 2.39 bits per heavy atom. The molecule has 1 atom stereocenters. The molecule has 2 aromatic carbocycles. The van der Waals surface area contributed by atoms with Crippen LogP contribution in [0, 0.1) is 12.7 Å². The second-order valence-electron chi connectivity index (χ2n) is 8.18. The highest BCUT2D eigenvalue weighted by Crippen LogP contribution is 2.32. The van der Waals surface area contributed by atoms with E-state index in [2.05, 4.69) is 4.37 Å². The standard InChI is InChI=1S/C26H23FN4O4S/c1-15-10-11-20(35-15)23(19(32)13-17-8-5-9-18(27)12-17)31(14-16-6-3-2-4-7-16)26(34)24-21(28)22(25(29)33)30-36-24/h2-12,23H,13-14,28H2,1H3,(H2,29,33). The van der Waals surface area contributed by atoms with Crippen molar-refractivity contribution < 1.29 is 23.2 Å². The minimum Gasteiger partial charge on any atom is -0.464 e. The molecule has 2 aromatic heterocycles. The van der Waals surface area contributed by atoms with E-state index in [1.165, 1.54) is 23.1 Å². The van der Waals surface area contributed by atoms with Crippen LogP contribution < -0.4 is 11.5 Å². The summed E-state index contributed by atoms with van der Waals surface area (Å²) in [6, 6.07) is 16.9. The lowest BCUT2D eigenvalue weighted by Gasteiger charge is -2.30. The first-order valence-electron chi connectivity index (χ1n) is 11.0. The van der Waals surface area contributed by atoms with Crippen LogP contribution in [0.25, 0.3) is 0 Å². The Labute approximate surface area is 210 Å². The predicted octanol–water partition coefficient (Wildman–Crippen LogP) is 4.06. The number of hydrogen-bond donors (Lipinski definition) is 2. The second kappa shape index (κ2) is 10.5. The van der Waals surface area contributed by atoms with Gasteiger partial charge >= 0.3 is 0 Å². The van der Waals surface area contributed by atoms with Crippen molar-refractivity contribution >= 4 is 34.8 Å². The van der Waals surface area contributed by atoms with Gasteiger partial charge in [-0.1, -0.05) is 42.5 Å². The number of rotatable bonds is 9. The average molecular weight is 507 g/mol. The number of carbonyl (C=O) groups is 3. The van der Waals surface area contributed by atoms with Crippen molar-refractivity contribution in [1.82, 2.24) is 9.27 Å². The van der Waals surface area contributed by atoms with E-state index in [1.54, 1.807) is 25.1 Å². The zero-order chi connectivity index (χ0) is 25.8. The Kier molecular flexibility index (Phi) is 7.25. The number of amides is 2. The average Bonchev–Trinajstić information content (AvgIpc) is 3.44. The smallest absolute Gasteiger partial charge is 0.270 e. The molecule has 0 spiro atoms. The zero-order valence-corrected chi connectivity index (χ0v) is 20.1. The van der Waals surface area contributed by atoms with Gasteiger partial charge in [-0.2, -0.15) is 4.37 Å². The summed E-state index contributed by atoms with van der Waals surface area (Å²) >= 11 is 0.728. The monoisotopic (exact) mass is 506 g/mol. The van der Waals surface area contributed by atoms with Crippen LogP contribution in [0.15, 0.2) is 71.1 Å². The van der Waals surface area contributed by atoms with Crippen LogP contribution in [-0.4, -0.2) is 26.9 Å². The number of primary amides is 1. The highest BCUT2D eigenvalue weighted by atomic mass is 32.1. The van der Waals surface area contributed by atoms with Gasteiger partial charge in [-0.05, 0) is 53.8 Å². The summed E-state index contributed by atoms with van der Waals surface area (Å²) in [6.45, 7) is 1.75. The van der Waals surface area contributed by atoms with Crippen LogP contribution in [0.1, 0.15) is 48.8 Å². The Morgan fingerprint density at radius 2 is 1.78 bits per heavy atom. The largest absolute Gasteiger partial charge is 0.464 e. The molecule has 10 heteroatoms. The first-order valence-corrected chi connectivity index (χ1v) is 11.7.